The highest BCUT2D eigenvalue weighted by Gasteiger charge is 2.26. The number of aromatic nitrogens is 1. The van der Waals surface area contributed by atoms with E-state index in [9.17, 15) is 4.79 Å². The molecule has 2 aromatic heterocycles. The van der Waals surface area contributed by atoms with E-state index in [0.29, 0.717) is 25.3 Å². The van der Waals surface area contributed by atoms with E-state index >= 15 is 0 Å². The molecule has 2 aromatic rings. The summed E-state index contributed by atoms with van der Waals surface area (Å²) in [7, 11) is 0. The van der Waals surface area contributed by atoms with Crippen LogP contribution >= 0.6 is 0 Å². The smallest absolute Gasteiger partial charge is 0.255 e. The van der Waals surface area contributed by atoms with Crippen molar-refractivity contribution in [2.24, 2.45) is 0 Å². The third-order valence-electron chi connectivity index (χ3n) is 5.50. The molecule has 2 aliphatic rings. The van der Waals surface area contributed by atoms with Gasteiger partial charge in [-0.3, -0.25) is 9.69 Å². The first-order valence-electron chi connectivity index (χ1n) is 10.2. The lowest BCUT2D eigenvalue weighted by Crippen LogP contribution is -2.41. The Morgan fingerprint density at radius 1 is 1.11 bits per heavy atom. The second kappa shape index (κ2) is 9.21. The van der Waals surface area contributed by atoms with Crippen LogP contribution in [0, 0.1) is 0 Å². The molecule has 0 aliphatic carbocycles. The van der Waals surface area contributed by atoms with E-state index in [4.69, 9.17) is 9.15 Å². The summed E-state index contributed by atoms with van der Waals surface area (Å²) in [5, 5.41) is 3.13. The average Bonchev–Trinajstić information content (AvgIpc) is 3.30. The van der Waals surface area contributed by atoms with Gasteiger partial charge in [0.05, 0.1) is 31.1 Å². The minimum Gasteiger partial charge on any atom is -0.468 e. The Balaban J connectivity index is 1.46. The zero-order chi connectivity index (χ0) is 19.2. The first-order chi connectivity index (χ1) is 13.8. The number of anilines is 1. The zero-order valence-corrected chi connectivity index (χ0v) is 16.2. The number of nitrogens with zero attached hydrogens (tertiary/aromatic N) is 3. The maximum atomic E-state index is 13.0. The Kier molecular flexibility index (Phi) is 6.24. The third kappa shape index (κ3) is 4.36. The molecule has 2 saturated heterocycles. The van der Waals surface area contributed by atoms with Gasteiger partial charge in [-0.25, -0.2) is 4.98 Å². The van der Waals surface area contributed by atoms with Gasteiger partial charge in [0.2, 0.25) is 0 Å². The van der Waals surface area contributed by atoms with E-state index in [-0.39, 0.29) is 11.9 Å². The third-order valence-corrected chi connectivity index (χ3v) is 5.50. The predicted molar refractivity (Wildman–Crippen MR) is 106 cm³/mol. The van der Waals surface area contributed by atoms with E-state index in [0.717, 1.165) is 37.8 Å². The van der Waals surface area contributed by atoms with E-state index in [1.54, 1.807) is 12.5 Å². The van der Waals surface area contributed by atoms with Crippen LogP contribution in [0.15, 0.2) is 41.1 Å². The van der Waals surface area contributed by atoms with Gasteiger partial charge < -0.3 is 19.4 Å². The van der Waals surface area contributed by atoms with Crippen LogP contribution in [-0.2, 0) is 4.74 Å². The summed E-state index contributed by atoms with van der Waals surface area (Å²) in [6.45, 7) is 5.41. The van der Waals surface area contributed by atoms with Gasteiger partial charge in [-0.05, 0) is 50.2 Å². The van der Waals surface area contributed by atoms with Gasteiger partial charge in [0.25, 0.3) is 5.91 Å². The lowest BCUT2D eigenvalue weighted by atomic mass is 10.1. The molecular weight excluding hydrogens is 356 g/mol. The van der Waals surface area contributed by atoms with Crippen molar-refractivity contribution in [2.45, 2.75) is 25.3 Å². The number of carbonyl (C=O) groups is 1. The van der Waals surface area contributed by atoms with Gasteiger partial charge in [0.15, 0.2) is 0 Å². The minimum absolute atomic E-state index is 0.0581. The van der Waals surface area contributed by atoms with Crippen LogP contribution < -0.4 is 10.2 Å². The zero-order valence-electron chi connectivity index (χ0n) is 16.2. The summed E-state index contributed by atoms with van der Waals surface area (Å²) in [6, 6.07) is 7.62. The second-order valence-corrected chi connectivity index (χ2v) is 7.31. The minimum atomic E-state index is -0.0943. The fourth-order valence-electron chi connectivity index (χ4n) is 4.01. The Morgan fingerprint density at radius 2 is 1.93 bits per heavy atom. The first-order valence-corrected chi connectivity index (χ1v) is 10.2. The number of hydrogen-bond donors (Lipinski definition) is 1. The number of morpholine rings is 1. The van der Waals surface area contributed by atoms with Crippen LogP contribution in [0.4, 0.5) is 5.82 Å². The van der Waals surface area contributed by atoms with Crippen LogP contribution in [0.2, 0.25) is 0 Å². The Hall–Kier alpha value is -2.38. The van der Waals surface area contributed by atoms with Crippen LogP contribution in [0.25, 0.3) is 0 Å². The molecule has 7 heteroatoms. The predicted octanol–water partition coefficient (Wildman–Crippen LogP) is 2.47. The quantitative estimate of drug-likeness (QED) is 0.825. The number of rotatable bonds is 6. The molecule has 1 atom stereocenters. The Bertz CT molecular complexity index is 753. The number of piperidine rings is 1. The molecule has 4 rings (SSSR count). The van der Waals surface area contributed by atoms with E-state index in [1.165, 1.54) is 19.3 Å². The highest BCUT2D eigenvalue weighted by Crippen LogP contribution is 2.25. The van der Waals surface area contributed by atoms with E-state index < -0.39 is 0 Å². The molecule has 2 aliphatic heterocycles. The number of carbonyl (C=O) groups excluding carboxylic acids is 1. The molecule has 7 nitrogen and oxygen atoms in total. The summed E-state index contributed by atoms with van der Waals surface area (Å²) in [5.41, 5.74) is 0.612. The second-order valence-electron chi connectivity index (χ2n) is 7.31. The van der Waals surface area contributed by atoms with Crippen LogP contribution in [-0.4, -0.2) is 61.7 Å². The number of pyridine rings is 1. The molecule has 2 fully saturated rings. The molecule has 1 unspecified atom stereocenters. The number of likely N-dealkylation sites (tertiary alicyclic amines) is 1. The summed E-state index contributed by atoms with van der Waals surface area (Å²) < 4.78 is 11.1. The molecule has 0 radical (unpaired) electrons. The SMILES string of the molecule is O=C(NCC(c1ccco1)N1CCCCC1)c1cccnc1N1CCOCC1. The largest absolute Gasteiger partial charge is 0.468 e. The van der Waals surface area contributed by atoms with E-state index in [1.807, 2.05) is 24.3 Å². The summed E-state index contributed by atoms with van der Waals surface area (Å²) in [6.07, 6.45) is 7.09. The standard InChI is InChI=1S/C21H28N4O3/c26-21(17-6-4-8-22-20(17)25-11-14-27-15-12-25)23-16-18(19-7-5-13-28-19)24-9-2-1-3-10-24/h4-8,13,18H,1-3,9-12,14-16H2,(H,23,26). The number of hydrogen-bond acceptors (Lipinski definition) is 6. The van der Waals surface area contributed by atoms with E-state index in [2.05, 4.69) is 20.1 Å². The summed E-state index contributed by atoms with van der Waals surface area (Å²) >= 11 is 0. The lowest BCUT2D eigenvalue weighted by Gasteiger charge is -2.33. The Morgan fingerprint density at radius 3 is 2.68 bits per heavy atom. The molecule has 4 heterocycles. The van der Waals surface area contributed by atoms with Crippen molar-refractivity contribution in [1.29, 1.82) is 0 Å². The van der Waals surface area contributed by atoms with Gasteiger partial charge in [0.1, 0.15) is 11.6 Å². The molecule has 0 aromatic carbocycles. The monoisotopic (exact) mass is 384 g/mol. The van der Waals surface area contributed by atoms with Gasteiger partial charge in [-0.15, -0.1) is 0 Å². The van der Waals surface area contributed by atoms with Crippen molar-refractivity contribution in [1.82, 2.24) is 15.2 Å². The van der Waals surface area contributed by atoms with Crippen molar-refractivity contribution in [3.05, 3.63) is 48.0 Å². The molecule has 0 saturated carbocycles. The van der Waals surface area contributed by atoms with Gasteiger partial charge in [-0.1, -0.05) is 6.42 Å². The summed E-state index contributed by atoms with van der Waals surface area (Å²) in [5.74, 6) is 1.54. The lowest BCUT2D eigenvalue weighted by molar-refractivity contribution is 0.0912. The summed E-state index contributed by atoms with van der Waals surface area (Å²) in [4.78, 5) is 22.0. The molecular formula is C21H28N4O3. The highest BCUT2D eigenvalue weighted by molar-refractivity contribution is 5.98. The average molecular weight is 384 g/mol. The van der Waals surface area contributed by atoms with Gasteiger partial charge >= 0.3 is 0 Å². The number of amides is 1. The number of nitrogens with one attached hydrogen (secondary N) is 1. The molecule has 150 valence electrons. The Labute approximate surface area is 165 Å². The first kappa shape index (κ1) is 19.0. The van der Waals surface area contributed by atoms with Crippen molar-refractivity contribution in [3.8, 4) is 0 Å². The highest BCUT2D eigenvalue weighted by atomic mass is 16.5. The molecule has 1 amide bonds. The normalized spacial score (nSPS) is 19.4. The molecule has 1 N–H and O–H groups in total. The fraction of sp³-hybridized carbons (Fsp3) is 0.524. The molecule has 0 spiro atoms. The van der Waals surface area contributed by atoms with Gasteiger partial charge in [0, 0.05) is 25.8 Å². The molecule has 28 heavy (non-hydrogen) atoms. The maximum Gasteiger partial charge on any atom is 0.255 e. The van der Waals surface area contributed by atoms with Crippen LogP contribution in [0.5, 0.6) is 0 Å². The topological polar surface area (TPSA) is 70.8 Å². The molecule has 0 bridgehead atoms. The number of furan rings is 1. The fourth-order valence-corrected chi connectivity index (χ4v) is 4.01. The number of ether oxygens (including phenoxy) is 1. The van der Waals surface area contributed by atoms with Crippen molar-refractivity contribution in [2.75, 3.05) is 50.8 Å². The van der Waals surface area contributed by atoms with Crippen molar-refractivity contribution >= 4 is 11.7 Å². The maximum absolute atomic E-state index is 13.0. The van der Waals surface area contributed by atoms with Crippen molar-refractivity contribution in [3.63, 3.8) is 0 Å². The van der Waals surface area contributed by atoms with Gasteiger partial charge in [-0.2, -0.15) is 0 Å². The van der Waals surface area contributed by atoms with Crippen LogP contribution in [0.1, 0.15) is 41.4 Å². The van der Waals surface area contributed by atoms with Crippen molar-refractivity contribution < 1.29 is 13.9 Å². The van der Waals surface area contributed by atoms with Crippen LogP contribution in [0.3, 0.4) is 0 Å².